The maximum absolute atomic E-state index is 7.33. The van der Waals surface area contributed by atoms with Gasteiger partial charge in [-0.05, 0) is 156 Å². The second-order valence-electron chi connectivity index (χ2n) is 19.3. The molecular formula is C51H53BN2O. The summed E-state index contributed by atoms with van der Waals surface area (Å²) < 4.78 is 7.33. The summed E-state index contributed by atoms with van der Waals surface area (Å²) in [5, 5.41) is 1.25. The summed E-state index contributed by atoms with van der Waals surface area (Å²) in [5.74, 6) is 2.40. The quantitative estimate of drug-likeness (QED) is 0.169. The van der Waals surface area contributed by atoms with E-state index in [1.165, 1.54) is 130 Å². The number of nitrogens with zero attached hydrogens (tertiary/aromatic N) is 2. The van der Waals surface area contributed by atoms with Crippen LogP contribution in [0.1, 0.15) is 113 Å². The van der Waals surface area contributed by atoms with Gasteiger partial charge in [-0.2, -0.15) is 0 Å². The first kappa shape index (κ1) is 33.6. The second-order valence-corrected chi connectivity index (χ2v) is 19.3. The van der Waals surface area contributed by atoms with Crippen molar-refractivity contribution in [3.05, 3.63) is 125 Å². The van der Waals surface area contributed by atoms with Gasteiger partial charge in [0.25, 0.3) is 6.71 Å². The standard InChI is InChI=1S/C51H53BN2O/c1-31-13-10-14-32(2)47(31)54-43-20-12-19-42-46(43)52(41-29-39-40(30-44(41)54)51(5,6)24-23-50(39,3)4)49-48(53(42)37-17-8-7-9-18-37)38-28-35(21-22-45(38)55-49)36-26-33-15-11-16-34(25-33)27-36/h7-10,12-14,17-22,28-30,33-34,36H,11,15-16,23-27H2,1-6H3. The lowest BCUT2D eigenvalue weighted by Gasteiger charge is -2.46. The monoisotopic (exact) mass is 720 g/mol. The lowest BCUT2D eigenvalue weighted by atomic mass is 9.35. The van der Waals surface area contributed by atoms with Gasteiger partial charge >= 0.3 is 0 Å². The number of furan rings is 1. The number of anilines is 6. The first-order valence-corrected chi connectivity index (χ1v) is 21.2. The molecule has 0 N–H and O–H groups in total. The highest BCUT2D eigenvalue weighted by molar-refractivity contribution is 7.00. The Labute approximate surface area is 327 Å². The van der Waals surface area contributed by atoms with E-state index in [9.17, 15) is 0 Å². The van der Waals surface area contributed by atoms with Gasteiger partial charge in [-0.15, -0.1) is 0 Å². The molecule has 3 aliphatic carbocycles. The summed E-state index contributed by atoms with van der Waals surface area (Å²) in [5.41, 5.74) is 19.5. The number of rotatable bonds is 3. The molecule has 11 rings (SSSR count). The molecule has 2 fully saturated rings. The smallest absolute Gasteiger partial charge is 0.297 e. The van der Waals surface area contributed by atoms with Crippen molar-refractivity contribution in [1.82, 2.24) is 0 Å². The summed E-state index contributed by atoms with van der Waals surface area (Å²) >= 11 is 0. The molecule has 2 atom stereocenters. The molecule has 2 aliphatic heterocycles. The van der Waals surface area contributed by atoms with Crippen molar-refractivity contribution in [2.45, 2.75) is 110 Å². The summed E-state index contributed by atoms with van der Waals surface area (Å²) in [4.78, 5) is 5.15. The van der Waals surface area contributed by atoms with E-state index in [0.717, 1.165) is 23.1 Å². The fourth-order valence-corrected chi connectivity index (χ4v) is 12.0. The summed E-state index contributed by atoms with van der Waals surface area (Å²) in [7, 11) is 0. The van der Waals surface area contributed by atoms with Crippen LogP contribution in [0.3, 0.4) is 0 Å². The van der Waals surface area contributed by atoms with E-state index in [-0.39, 0.29) is 17.5 Å². The largest absolute Gasteiger partial charge is 0.468 e. The number of aryl methyl sites for hydroxylation is 2. The summed E-state index contributed by atoms with van der Waals surface area (Å²) in [6.07, 6.45) is 10.7. The molecule has 0 radical (unpaired) electrons. The fourth-order valence-electron chi connectivity index (χ4n) is 12.0. The Kier molecular flexibility index (Phi) is 7.28. The van der Waals surface area contributed by atoms with Crippen LogP contribution in [0.5, 0.6) is 0 Å². The zero-order chi connectivity index (χ0) is 37.4. The van der Waals surface area contributed by atoms with Crippen molar-refractivity contribution < 1.29 is 4.42 Å². The van der Waals surface area contributed by atoms with Crippen LogP contribution in [0.25, 0.3) is 11.0 Å². The van der Waals surface area contributed by atoms with Crippen molar-refractivity contribution in [3.8, 4) is 0 Å². The molecule has 6 aromatic rings. The Morgan fingerprint density at radius 1 is 0.636 bits per heavy atom. The van der Waals surface area contributed by atoms with Crippen LogP contribution in [0, 0.1) is 25.7 Å². The molecule has 4 heteroatoms. The topological polar surface area (TPSA) is 19.6 Å². The predicted molar refractivity (Wildman–Crippen MR) is 232 cm³/mol. The molecule has 55 heavy (non-hydrogen) atoms. The lowest BCUT2D eigenvalue weighted by molar-refractivity contribution is 0.170. The van der Waals surface area contributed by atoms with Crippen LogP contribution in [-0.4, -0.2) is 6.71 Å². The molecule has 2 unspecified atom stereocenters. The van der Waals surface area contributed by atoms with Crippen molar-refractivity contribution in [3.63, 3.8) is 0 Å². The molecule has 0 amide bonds. The molecule has 276 valence electrons. The molecule has 0 saturated heterocycles. The van der Waals surface area contributed by atoms with Crippen LogP contribution in [0.15, 0.2) is 101 Å². The average molecular weight is 721 g/mol. The molecule has 1 aromatic heterocycles. The summed E-state index contributed by atoms with van der Waals surface area (Å²) in [6.45, 7) is 14.4. The third-order valence-electron chi connectivity index (χ3n) is 14.9. The normalized spacial score (nSPS) is 22.9. The van der Waals surface area contributed by atoms with Crippen LogP contribution in [-0.2, 0) is 10.8 Å². The van der Waals surface area contributed by atoms with E-state index in [1.54, 1.807) is 0 Å². The van der Waals surface area contributed by atoms with Gasteiger partial charge in [0.2, 0.25) is 0 Å². The zero-order valence-corrected chi connectivity index (χ0v) is 33.5. The highest BCUT2D eigenvalue weighted by Crippen LogP contribution is 2.52. The number of fused-ring (bicyclic) bond motifs is 9. The van der Waals surface area contributed by atoms with Gasteiger partial charge in [0, 0.05) is 28.1 Å². The molecule has 0 spiro atoms. The molecule has 5 aromatic carbocycles. The maximum atomic E-state index is 7.33. The van der Waals surface area contributed by atoms with Crippen molar-refractivity contribution >= 4 is 68.4 Å². The minimum absolute atomic E-state index is 0.0345. The molecule has 2 bridgehead atoms. The van der Waals surface area contributed by atoms with E-state index in [1.807, 2.05) is 0 Å². The third kappa shape index (κ3) is 4.95. The highest BCUT2D eigenvalue weighted by atomic mass is 16.3. The van der Waals surface area contributed by atoms with E-state index in [2.05, 4.69) is 148 Å². The molecule has 3 heterocycles. The van der Waals surface area contributed by atoms with Gasteiger partial charge in [-0.25, -0.2) is 0 Å². The molecular weight excluding hydrogens is 667 g/mol. The van der Waals surface area contributed by atoms with E-state index in [4.69, 9.17) is 4.42 Å². The number of benzene rings is 5. The fraction of sp³-hybridized carbons (Fsp3) is 0.373. The highest BCUT2D eigenvalue weighted by Gasteiger charge is 2.49. The van der Waals surface area contributed by atoms with Gasteiger partial charge in [0.1, 0.15) is 5.58 Å². The van der Waals surface area contributed by atoms with Gasteiger partial charge in [-0.3, -0.25) is 0 Å². The molecule has 2 saturated carbocycles. The van der Waals surface area contributed by atoms with Crippen LogP contribution < -0.4 is 26.4 Å². The Morgan fingerprint density at radius 2 is 1.29 bits per heavy atom. The van der Waals surface area contributed by atoms with Gasteiger partial charge in [0.05, 0.1) is 17.0 Å². The van der Waals surface area contributed by atoms with E-state index >= 15 is 0 Å². The van der Waals surface area contributed by atoms with E-state index < -0.39 is 0 Å². The Morgan fingerprint density at radius 3 is 2.00 bits per heavy atom. The Hall–Kier alpha value is -4.70. The van der Waals surface area contributed by atoms with Crippen LogP contribution >= 0.6 is 0 Å². The third-order valence-corrected chi connectivity index (χ3v) is 14.9. The minimum atomic E-state index is -0.0345. The van der Waals surface area contributed by atoms with Gasteiger partial charge in [0.15, 0.2) is 0 Å². The first-order valence-electron chi connectivity index (χ1n) is 21.2. The van der Waals surface area contributed by atoms with Crippen molar-refractivity contribution in [2.75, 3.05) is 9.80 Å². The minimum Gasteiger partial charge on any atom is -0.468 e. The second kappa shape index (κ2) is 11.9. The lowest BCUT2D eigenvalue weighted by Crippen LogP contribution is -2.61. The Bertz CT molecular complexity index is 2490. The zero-order valence-electron chi connectivity index (χ0n) is 33.5. The Balaban J connectivity index is 1.21. The number of hydrogen-bond donors (Lipinski definition) is 0. The van der Waals surface area contributed by atoms with Gasteiger partial charge in [-0.1, -0.05) is 102 Å². The molecule has 3 nitrogen and oxygen atoms in total. The van der Waals surface area contributed by atoms with Gasteiger partial charge < -0.3 is 14.2 Å². The SMILES string of the molecule is Cc1cccc(C)c1N1c2cc3c(cc2B2c4oc5ccc(C6CC7CCCC(C7)C6)cc5c4N(c4ccccc4)c4cccc1c42)C(C)(C)CCC3(C)C. The summed E-state index contributed by atoms with van der Waals surface area (Å²) in [6, 6.07) is 37.3. The van der Waals surface area contributed by atoms with E-state index in [0.29, 0.717) is 5.92 Å². The predicted octanol–water partition coefficient (Wildman–Crippen LogP) is 12.2. The molecule has 5 aliphatic rings. The average Bonchev–Trinajstić information content (AvgIpc) is 3.55. The van der Waals surface area contributed by atoms with Crippen molar-refractivity contribution in [1.29, 1.82) is 0 Å². The van der Waals surface area contributed by atoms with Crippen LogP contribution in [0.4, 0.5) is 34.1 Å². The van der Waals surface area contributed by atoms with Crippen molar-refractivity contribution in [2.24, 2.45) is 11.8 Å². The maximum Gasteiger partial charge on any atom is 0.297 e. The number of hydrogen-bond acceptors (Lipinski definition) is 3. The first-order chi connectivity index (χ1) is 26.6. The number of para-hydroxylation sites is 2. The van der Waals surface area contributed by atoms with Crippen LogP contribution in [0.2, 0.25) is 0 Å².